The molecule has 0 aromatic heterocycles. The topological polar surface area (TPSA) is 81.9 Å². The largest absolute Gasteiger partial charge is 0.463 e. The third-order valence-corrected chi connectivity index (χ3v) is 4.21. The molecule has 0 spiro atoms. The minimum absolute atomic E-state index is 0.0692. The normalized spacial score (nSPS) is 20.0. The molecule has 1 aliphatic heterocycles. The summed E-state index contributed by atoms with van der Waals surface area (Å²) in [6.45, 7) is 2.97. The summed E-state index contributed by atoms with van der Waals surface area (Å²) in [7, 11) is 0. The van der Waals surface area contributed by atoms with Gasteiger partial charge in [0.15, 0.2) is 0 Å². The van der Waals surface area contributed by atoms with Gasteiger partial charge in [0.1, 0.15) is 6.61 Å². The summed E-state index contributed by atoms with van der Waals surface area (Å²) in [5, 5.41) is 0. The molecule has 1 aliphatic rings. The Labute approximate surface area is 148 Å². The Morgan fingerprint density at radius 3 is 2.76 bits per heavy atom. The number of carbonyl (C=O) groups is 2. The lowest BCUT2D eigenvalue weighted by molar-refractivity contribution is -0.137. The minimum Gasteiger partial charge on any atom is -0.463 e. The number of hydrogen-bond donors (Lipinski definition) is 1. The molecule has 2 N–H and O–H groups in total. The van der Waals surface area contributed by atoms with Crippen LogP contribution in [-0.2, 0) is 20.9 Å². The van der Waals surface area contributed by atoms with Crippen LogP contribution >= 0.6 is 0 Å². The van der Waals surface area contributed by atoms with Crippen molar-refractivity contribution in [3.63, 3.8) is 0 Å². The summed E-state index contributed by atoms with van der Waals surface area (Å²) in [4.78, 5) is 25.3. The molecule has 136 valence electrons. The summed E-state index contributed by atoms with van der Waals surface area (Å²) < 4.78 is 10.2. The quantitative estimate of drug-likeness (QED) is 0.606. The average molecular weight is 346 g/mol. The van der Waals surface area contributed by atoms with Crippen molar-refractivity contribution in [1.82, 2.24) is 4.90 Å². The average Bonchev–Trinajstić information content (AvgIpc) is 2.98. The molecule has 0 radical (unpaired) electrons. The number of carbonyl (C=O) groups excluding carboxylic acids is 2. The number of benzene rings is 1. The molecule has 25 heavy (non-hydrogen) atoms. The molecule has 1 aromatic rings. The van der Waals surface area contributed by atoms with E-state index in [1.54, 1.807) is 17.9 Å². The number of nitrogens with zero attached hydrogens (tertiary/aromatic N) is 1. The summed E-state index contributed by atoms with van der Waals surface area (Å²) >= 11 is 0. The van der Waals surface area contributed by atoms with E-state index in [2.05, 4.69) is 0 Å². The van der Waals surface area contributed by atoms with Crippen LogP contribution in [0.3, 0.4) is 0 Å². The number of amides is 1. The van der Waals surface area contributed by atoms with Crippen LogP contribution in [0, 0.1) is 0 Å². The molecule has 0 unspecified atom stereocenters. The van der Waals surface area contributed by atoms with Crippen LogP contribution in [0.4, 0.5) is 4.79 Å². The molecular formula is C19H26N2O4. The Morgan fingerprint density at radius 2 is 2.04 bits per heavy atom. The lowest BCUT2D eigenvalue weighted by Gasteiger charge is -2.25. The number of nitrogens with two attached hydrogens (primary N) is 1. The van der Waals surface area contributed by atoms with Crippen LogP contribution in [0.25, 0.3) is 0 Å². The van der Waals surface area contributed by atoms with Crippen molar-refractivity contribution in [2.75, 3.05) is 13.2 Å². The molecule has 1 aromatic carbocycles. The number of likely N-dealkylation sites (tertiary alicyclic amines) is 1. The van der Waals surface area contributed by atoms with E-state index in [-0.39, 0.29) is 30.8 Å². The first kappa shape index (κ1) is 19.0. The predicted octanol–water partition coefficient (Wildman–Crippen LogP) is 2.62. The van der Waals surface area contributed by atoms with Crippen molar-refractivity contribution >= 4 is 12.1 Å². The van der Waals surface area contributed by atoms with E-state index >= 15 is 0 Å². The van der Waals surface area contributed by atoms with Crippen molar-refractivity contribution in [3.05, 3.63) is 48.0 Å². The number of esters is 1. The van der Waals surface area contributed by atoms with Crippen molar-refractivity contribution in [2.24, 2.45) is 5.73 Å². The number of hydrogen-bond acceptors (Lipinski definition) is 5. The van der Waals surface area contributed by atoms with Crippen molar-refractivity contribution in [2.45, 2.75) is 44.9 Å². The van der Waals surface area contributed by atoms with Crippen molar-refractivity contribution in [3.8, 4) is 0 Å². The summed E-state index contributed by atoms with van der Waals surface area (Å²) in [6, 6.07) is 9.43. The molecule has 2 atom stereocenters. The first-order chi connectivity index (χ1) is 12.1. The smallest absolute Gasteiger partial charge is 0.410 e. The molecule has 1 saturated heterocycles. The number of allylic oxidation sites excluding steroid dienone is 1. The third-order valence-electron chi connectivity index (χ3n) is 4.21. The molecule has 6 heteroatoms. The van der Waals surface area contributed by atoms with Gasteiger partial charge >= 0.3 is 12.1 Å². The van der Waals surface area contributed by atoms with E-state index in [1.807, 2.05) is 30.3 Å². The van der Waals surface area contributed by atoms with Crippen molar-refractivity contribution < 1.29 is 19.1 Å². The highest BCUT2D eigenvalue weighted by molar-refractivity contribution is 5.81. The zero-order chi connectivity index (χ0) is 18.1. The van der Waals surface area contributed by atoms with Crippen LogP contribution < -0.4 is 5.73 Å². The van der Waals surface area contributed by atoms with Gasteiger partial charge in [0.2, 0.25) is 0 Å². The maximum atomic E-state index is 12.4. The van der Waals surface area contributed by atoms with Gasteiger partial charge in [-0.1, -0.05) is 36.4 Å². The third kappa shape index (κ3) is 5.90. The van der Waals surface area contributed by atoms with E-state index in [0.29, 0.717) is 26.0 Å². The van der Waals surface area contributed by atoms with Gasteiger partial charge in [-0.3, -0.25) is 0 Å². The lowest BCUT2D eigenvalue weighted by Crippen LogP contribution is -2.42. The highest BCUT2D eigenvalue weighted by Crippen LogP contribution is 2.22. The zero-order valence-electron chi connectivity index (χ0n) is 14.6. The van der Waals surface area contributed by atoms with E-state index in [1.165, 1.54) is 6.08 Å². The lowest BCUT2D eigenvalue weighted by atomic mass is 10.0. The van der Waals surface area contributed by atoms with Gasteiger partial charge < -0.3 is 20.1 Å². The second-order valence-corrected chi connectivity index (χ2v) is 5.99. The Kier molecular flexibility index (Phi) is 7.47. The van der Waals surface area contributed by atoms with Crippen LogP contribution in [-0.4, -0.2) is 42.2 Å². The van der Waals surface area contributed by atoms with Gasteiger partial charge in [-0.2, -0.15) is 0 Å². The fourth-order valence-electron chi connectivity index (χ4n) is 2.91. The second-order valence-electron chi connectivity index (χ2n) is 5.99. The number of rotatable bonds is 7. The van der Waals surface area contributed by atoms with Crippen molar-refractivity contribution in [1.29, 1.82) is 0 Å². The molecule has 0 aliphatic carbocycles. The zero-order valence-corrected chi connectivity index (χ0v) is 14.6. The molecule has 1 fully saturated rings. The van der Waals surface area contributed by atoms with E-state index < -0.39 is 0 Å². The standard InChI is InChI=1S/C19H26N2O4/c1-2-24-18(22)11-7-6-10-17-16(20)12-13-21(17)19(23)25-14-15-8-4-3-5-9-15/h3-5,7-9,11,16-17H,2,6,10,12-14,20H2,1H3/t16-,17+/m1/s1. The first-order valence-electron chi connectivity index (χ1n) is 8.68. The minimum atomic E-state index is -0.350. The van der Waals surface area contributed by atoms with Crippen LogP contribution in [0.15, 0.2) is 42.5 Å². The van der Waals surface area contributed by atoms with Crippen LogP contribution in [0.2, 0.25) is 0 Å². The van der Waals surface area contributed by atoms with Crippen LogP contribution in [0.1, 0.15) is 31.7 Å². The SMILES string of the molecule is CCOC(=O)C=CCC[C@H]1[C@H](N)CCN1C(=O)OCc1ccccc1. The molecule has 2 rings (SSSR count). The molecular weight excluding hydrogens is 320 g/mol. The monoisotopic (exact) mass is 346 g/mol. The molecule has 0 saturated carbocycles. The fraction of sp³-hybridized carbons (Fsp3) is 0.474. The van der Waals surface area contributed by atoms with Gasteiger partial charge in [-0.05, 0) is 31.7 Å². The summed E-state index contributed by atoms with van der Waals surface area (Å²) in [6.07, 6.45) is 4.94. The van der Waals surface area contributed by atoms with Crippen LogP contribution in [0.5, 0.6) is 0 Å². The molecule has 0 bridgehead atoms. The summed E-state index contributed by atoms with van der Waals surface area (Å²) in [5.41, 5.74) is 7.09. The highest BCUT2D eigenvalue weighted by Gasteiger charge is 2.35. The molecule has 1 heterocycles. The van der Waals surface area contributed by atoms with Gasteiger partial charge in [-0.15, -0.1) is 0 Å². The summed E-state index contributed by atoms with van der Waals surface area (Å²) in [5.74, 6) is -0.350. The Bertz CT molecular complexity index is 588. The molecule has 6 nitrogen and oxygen atoms in total. The molecule has 1 amide bonds. The Hall–Kier alpha value is -2.34. The maximum Gasteiger partial charge on any atom is 0.410 e. The maximum absolute atomic E-state index is 12.4. The number of ether oxygens (including phenoxy) is 2. The first-order valence-corrected chi connectivity index (χ1v) is 8.68. The van der Waals surface area contributed by atoms with Gasteiger partial charge in [0.05, 0.1) is 12.6 Å². The van der Waals surface area contributed by atoms with E-state index in [4.69, 9.17) is 15.2 Å². The Balaban J connectivity index is 1.82. The fourth-order valence-corrected chi connectivity index (χ4v) is 2.91. The van der Waals surface area contributed by atoms with Gasteiger partial charge in [-0.25, -0.2) is 9.59 Å². The Morgan fingerprint density at radius 1 is 1.28 bits per heavy atom. The van der Waals surface area contributed by atoms with E-state index in [0.717, 1.165) is 12.0 Å². The second kappa shape index (κ2) is 9.84. The predicted molar refractivity (Wildman–Crippen MR) is 94.7 cm³/mol. The van der Waals surface area contributed by atoms with E-state index in [9.17, 15) is 9.59 Å². The highest BCUT2D eigenvalue weighted by atomic mass is 16.6. The van der Waals surface area contributed by atoms with Gasteiger partial charge in [0.25, 0.3) is 0 Å². The van der Waals surface area contributed by atoms with Gasteiger partial charge in [0, 0.05) is 18.7 Å².